The molecule has 0 radical (unpaired) electrons. The molecule has 2 aromatic heterocycles. The molecular weight excluding hydrogens is 422 g/mol. The lowest BCUT2D eigenvalue weighted by Crippen LogP contribution is -2.40. The molecule has 30 heavy (non-hydrogen) atoms. The Morgan fingerprint density at radius 1 is 1.07 bits per heavy atom. The van der Waals surface area contributed by atoms with E-state index in [4.69, 9.17) is 4.42 Å². The Kier molecular flexibility index (Phi) is 6.92. The molecule has 2 aromatic rings. The molecule has 164 valence electrons. The van der Waals surface area contributed by atoms with Gasteiger partial charge in [-0.05, 0) is 63.0 Å². The van der Waals surface area contributed by atoms with Gasteiger partial charge in [-0.2, -0.15) is 4.31 Å². The van der Waals surface area contributed by atoms with E-state index < -0.39 is 10.0 Å². The van der Waals surface area contributed by atoms with E-state index in [9.17, 15) is 13.2 Å². The third-order valence-electron chi connectivity index (χ3n) is 5.83. The van der Waals surface area contributed by atoms with E-state index >= 15 is 0 Å². The molecular formula is C21H29N3O4S2. The highest BCUT2D eigenvalue weighted by Gasteiger charge is 2.29. The summed E-state index contributed by atoms with van der Waals surface area (Å²) in [7, 11) is -3.42. The molecule has 7 nitrogen and oxygen atoms in total. The van der Waals surface area contributed by atoms with Crippen LogP contribution in [0.1, 0.15) is 48.8 Å². The Bertz CT molecular complexity index is 927. The average molecular weight is 452 g/mol. The molecule has 0 aromatic carbocycles. The quantitative estimate of drug-likeness (QED) is 0.667. The summed E-state index contributed by atoms with van der Waals surface area (Å²) >= 11 is 1.20. The zero-order valence-corrected chi connectivity index (χ0v) is 18.7. The summed E-state index contributed by atoms with van der Waals surface area (Å²) in [5.41, 5.74) is 0. The number of carbonyl (C=O) groups is 1. The van der Waals surface area contributed by atoms with E-state index in [0.29, 0.717) is 23.8 Å². The van der Waals surface area contributed by atoms with E-state index in [1.54, 1.807) is 18.4 Å². The number of piperidine rings is 1. The van der Waals surface area contributed by atoms with Crippen molar-refractivity contribution in [1.29, 1.82) is 0 Å². The molecule has 1 unspecified atom stereocenters. The minimum atomic E-state index is -3.42. The van der Waals surface area contributed by atoms with Crippen molar-refractivity contribution in [2.45, 2.75) is 48.8 Å². The van der Waals surface area contributed by atoms with Gasteiger partial charge in [0.25, 0.3) is 10.0 Å². The smallest absolute Gasteiger partial charge is 0.252 e. The molecule has 0 saturated carbocycles. The van der Waals surface area contributed by atoms with Crippen LogP contribution < -0.4 is 5.32 Å². The first-order valence-electron chi connectivity index (χ1n) is 10.7. The fourth-order valence-electron chi connectivity index (χ4n) is 4.20. The van der Waals surface area contributed by atoms with Gasteiger partial charge in [-0.1, -0.05) is 6.42 Å². The van der Waals surface area contributed by atoms with Crippen LogP contribution in [-0.4, -0.2) is 56.3 Å². The summed E-state index contributed by atoms with van der Waals surface area (Å²) in [5.74, 6) is 0.767. The van der Waals surface area contributed by atoms with Gasteiger partial charge in [0.05, 0.1) is 18.7 Å². The van der Waals surface area contributed by atoms with Gasteiger partial charge in [0.2, 0.25) is 5.91 Å². The second-order valence-corrected chi connectivity index (χ2v) is 11.3. The molecule has 9 heteroatoms. The summed E-state index contributed by atoms with van der Waals surface area (Å²) in [5, 5.41) is 3.03. The van der Waals surface area contributed by atoms with Gasteiger partial charge < -0.3 is 9.73 Å². The van der Waals surface area contributed by atoms with Crippen molar-refractivity contribution in [3.8, 4) is 0 Å². The molecule has 4 heterocycles. The number of nitrogens with one attached hydrogen (secondary N) is 1. The summed E-state index contributed by atoms with van der Waals surface area (Å²) in [4.78, 5) is 15.7. The summed E-state index contributed by atoms with van der Waals surface area (Å²) in [6, 6.07) is 7.24. The monoisotopic (exact) mass is 451 g/mol. The molecule has 4 rings (SSSR count). The Hall–Kier alpha value is -1.68. The molecule has 1 amide bonds. The number of likely N-dealkylation sites (tertiary alicyclic amines) is 1. The topological polar surface area (TPSA) is 82.9 Å². The van der Waals surface area contributed by atoms with Crippen molar-refractivity contribution in [2.24, 2.45) is 0 Å². The predicted octanol–water partition coefficient (Wildman–Crippen LogP) is 3.01. The van der Waals surface area contributed by atoms with E-state index in [2.05, 4.69) is 10.2 Å². The first kappa shape index (κ1) is 21.5. The lowest BCUT2D eigenvalue weighted by molar-refractivity contribution is -0.120. The number of hydrogen-bond donors (Lipinski definition) is 1. The van der Waals surface area contributed by atoms with Crippen molar-refractivity contribution >= 4 is 27.3 Å². The Morgan fingerprint density at radius 3 is 2.50 bits per heavy atom. The van der Waals surface area contributed by atoms with Crippen LogP contribution in [0.4, 0.5) is 0 Å². The molecule has 2 aliphatic rings. The van der Waals surface area contributed by atoms with Crippen LogP contribution in [0.3, 0.4) is 0 Å². The first-order chi connectivity index (χ1) is 14.5. The minimum absolute atomic E-state index is 0.0266. The number of amides is 1. The van der Waals surface area contributed by atoms with E-state index in [-0.39, 0.29) is 18.4 Å². The van der Waals surface area contributed by atoms with Crippen LogP contribution in [0.5, 0.6) is 0 Å². The zero-order valence-electron chi connectivity index (χ0n) is 17.1. The maximum atomic E-state index is 12.7. The zero-order chi connectivity index (χ0) is 21.0. The number of nitrogens with zero attached hydrogens (tertiary/aromatic N) is 2. The molecule has 0 bridgehead atoms. The maximum absolute atomic E-state index is 12.7. The Balaban J connectivity index is 1.35. The van der Waals surface area contributed by atoms with Gasteiger partial charge in [0.1, 0.15) is 9.97 Å². The summed E-state index contributed by atoms with van der Waals surface area (Å²) in [6.45, 7) is 3.66. The summed E-state index contributed by atoms with van der Waals surface area (Å²) in [6.07, 6.45) is 7.24. The number of hydrogen-bond acceptors (Lipinski definition) is 6. The second kappa shape index (κ2) is 9.64. The standard InChI is InChI=1S/C21H29N3O4S2/c25-20(15-17-8-9-21(29-17)30(26,27)24-12-4-5-13-24)22-16-18(19-7-6-14-28-19)23-10-2-1-3-11-23/h6-9,14,18H,1-5,10-13,15-16H2,(H,22,25). The fourth-order valence-corrected chi connectivity index (χ4v) is 7.23. The number of rotatable bonds is 8. The first-order valence-corrected chi connectivity index (χ1v) is 12.9. The second-order valence-electron chi connectivity index (χ2n) is 7.94. The van der Waals surface area contributed by atoms with Gasteiger partial charge in [-0.3, -0.25) is 9.69 Å². The highest BCUT2D eigenvalue weighted by molar-refractivity contribution is 7.91. The largest absolute Gasteiger partial charge is 0.468 e. The van der Waals surface area contributed by atoms with Gasteiger partial charge in [0, 0.05) is 24.5 Å². The molecule has 2 aliphatic heterocycles. The van der Waals surface area contributed by atoms with Crippen molar-refractivity contribution in [3.05, 3.63) is 41.2 Å². The van der Waals surface area contributed by atoms with Crippen molar-refractivity contribution in [3.63, 3.8) is 0 Å². The van der Waals surface area contributed by atoms with E-state index in [1.165, 1.54) is 22.1 Å². The van der Waals surface area contributed by atoms with Gasteiger partial charge >= 0.3 is 0 Å². The van der Waals surface area contributed by atoms with Crippen LogP contribution in [0.25, 0.3) is 0 Å². The van der Waals surface area contributed by atoms with E-state index in [1.807, 2.05) is 12.1 Å². The molecule has 2 fully saturated rings. The van der Waals surface area contributed by atoms with Crippen LogP contribution in [0.2, 0.25) is 0 Å². The highest BCUT2D eigenvalue weighted by atomic mass is 32.2. The van der Waals surface area contributed by atoms with Crippen LogP contribution in [-0.2, 0) is 21.2 Å². The number of carbonyl (C=O) groups excluding carboxylic acids is 1. The van der Waals surface area contributed by atoms with Crippen molar-refractivity contribution < 1.29 is 17.6 Å². The Morgan fingerprint density at radius 2 is 1.80 bits per heavy atom. The fraction of sp³-hybridized carbons (Fsp3) is 0.571. The molecule has 0 aliphatic carbocycles. The SMILES string of the molecule is O=C(Cc1ccc(S(=O)(=O)N2CCCC2)s1)NCC(c1ccco1)N1CCCCC1. The minimum Gasteiger partial charge on any atom is -0.468 e. The van der Waals surface area contributed by atoms with Gasteiger partial charge in [0.15, 0.2) is 0 Å². The molecule has 1 N–H and O–H groups in total. The lowest BCUT2D eigenvalue weighted by atomic mass is 10.1. The maximum Gasteiger partial charge on any atom is 0.252 e. The number of sulfonamides is 1. The van der Waals surface area contributed by atoms with Gasteiger partial charge in [-0.25, -0.2) is 8.42 Å². The average Bonchev–Trinajstić information content (AvgIpc) is 3.51. The predicted molar refractivity (Wildman–Crippen MR) is 116 cm³/mol. The van der Waals surface area contributed by atoms with Crippen molar-refractivity contribution in [1.82, 2.24) is 14.5 Å². The normalized spacial score (nSPS) is 19.7. The third kappa shape index (κ3) is 4.96. The van der Waals surface area contributed by atoms with Gasteiger partial charge in [-0.15, -0.1) is 11.3 Å². The van der Waals surface area contributed by atoms with Crippen LogP contribution in [0.15, 0.2) is 39.2 Å². The number of furan rings is 1. The molecule has 2 saturated heterocycles. The van der Waals surface area contributed by atoms with E-state index in [0.717, 1.165) is 49.4 Å². The Labute approximate surface area is 182 Å². The number of thiophene rings is 1. The van der Waals surface area contributed by atoms with Crippen LogP contribution in [0, 0.1) is 0 Å². The lowest BCUT2D eigenvalue weighted by Gasteiger charge is -2.33. The van der Waals surface area contributed by atoms with Crippen molar-refractivity contribution in [2.75, 3.05) is 32.7 Å². The molecule has 1 atom stereocenters. The highest BCUT2D eigenvalue weighted by Crippen LogP contribution is 2.28. The molecule has 0 spiro atoms. The summed E-state index contributed by atoms with van der Waals surface area (Å²) < 4.78 is 32.8. The third-order valence-corrected chi connectivity index (χ3v) is 9.28. The van der Waals surface area contributed by atoms with Crippen LogP contribution >= 0.6 is 11.3 Å².